The Morgan fingerprint density at radius 1 is 1.06 bits per heavy atom. The summed E-state index contributed by atoms with van der Waals surface area (Å²) in [5.74, 6) is 0.321. The third kappa shape index (κ3) is 4.72. The summed E-state index contributed by atoms with van der Waals surface area (Å²) >= 11 is 1.61. The van der Waals surface area contributed by atoms with Crippen molar-refractivity contribution in [3.63, 3.8) is 0 Å². The molecular weight excluding hydrogens is 434 g/mol. The third-order valence-electron chi connectivity index (χ3n) is 5.46. The highest BCUT2D eigenvalue weighted by molar-refractivity contribution is 7.17. The molecule has 0 aliphatic carbocycles. The number of anilines is 4. The van der Waals surface area contributed by atoms with E-state index < -0.39 is 0 Å². The molecule has 0 bridgehead atoms. The number of hydrogen-bond acceptors (Lipinski definition) is 7. The molecule has 2 aromatic carbocycles. The van der Waals surface area contributed by atoms with Gasteiger partial charge in [0.15, 0.2) is 0 Å². The number of aromatic nitrogens is 2. The molecule has 1 saturated heterocycles. The second-order valence-corrected chi connectivity index (χ2v) is 8.51. The first-order valence-electron chi connectivity index (χ1n) is 10.7. The molecule has 0 saturated carbocycles. The van der Waals surface area contributed by atoms with E-state index in [9.17, 15) is 4.79 Å². The summed E-state index contributed by atoms with van der Waals surface area (Å²) in [7, 11) is 0. The average molecular weight is 458 g/mol. The van der Waals surface area contributed by atoms with Crippen molar-refractivity contribution < 1.29 is 9.53 Å². The lowest BCUT2D eigenvalue weighted by atomic mass is 10.1. The van der Waals surface area contributed by atoms with E-state index in [2.05, 4.69) is 44.6 Å². The van der Waals surface area contributed by atoms with Crippen molar-refractivity contribution in [3.05, 3.63) is 72.8 Å². The van der Waals surface area contributed by atoms with E-state index in [1.54, 1.807) is 11.3 Å². The summed E-state index contributed by atoms with van der Waals surface area (Å²) < 4.78 is 6.45. The molecule has 0 unspecified atom stereocenters. The highest BCUT2D eigenvalue weighted by Gasteiger charge is 2.12. The molecule has 1 fully saturated rings. The van der Waals surface area contributed by atoms with Crippen LogP contribution in [-0.4, -0.2) is 42.2 Å². The molecule has 1 aliphatic rings. The van der Waals surface area contributed by atoms with E-state index >= 15 is 0 Å². The largest absolute Gasteiger partial charge is 0.378 e. The van der Waals surface area contributed by atoms with Crippen LogP contribution in [-0.2, 0) is 9.53 Å². The number of carbonyl (C=O) groups excluding carboxylic acids is 1. The molecule has 2 aromatic heterocycles. The number of fused-ring (bicyclic) bond motifs is 1. The Hall–Kier alpha value is -3.75. The number of thiophene rings is 1. The fourth-order valence-corrected chi connectivity index (χ4v) is 4.60. The second-order valence-electron chi connectivity index (χ2n) is 7.60. The van der Waals surface area contributed by atoms with Crippen LogP contribution in [0.15, 0.2) is 72.8 Å². The number of carbonyl (C=O) groups is 1. The quantitative estimate of drug-likeness (QED) is 0.394. The first kappa shape index (κ1) is 21.1. The van der Waals surface area contributed by atoms with E-state index in [-0.39, 0.29) is 5.91 Å². The Bertz CT molecular complexity index is 1280. The van der Waals surface area contributed by atoms with Gasteiger partial charge in [-0.05, 0) is 48.0 Å². The standard InChI is InChI=1S/C25H23N5O2S/c1-2-23(31)27-18-5-3-17(4-6-18)21-16-33-22-15-26-25(29-24(21)22)28-19-7-9-20(10-8-19)30-11-13-32-14-12-30/h2-10,15-16H,1,11-14H2,(H,27,31)(H,26,28,29). The fraction of sp³-hybridized carbons (Fsp3) is 0.160. The van der Waals surface area contributed by atoms with Crippen LogP contribution in [0.4, 0.5) is 23.0 Å². The molecule has 7 nitrogen and oxygen atoms in total. The Morgan fingerprint density at radius 3 is 2.52 bits per heavy atom. The van der Waals surface area contributed by atoms with Crippen LogP contribution in [0.5, 0.6) is 0 Å². The lowest BCUT2D eigenvalue weighted by Crippen LogP contribution is -2.36. The van der Waals surface area contributed by atoms with E-state index in [1.165, 1.54) is 11.8 Å². The van der Waals surface area contributed by atoms with Crippen LogP contribution in [0.25, 0.3) is 21.3 Å². The highest BCUT2D eigenvalue weighted by atomic mass is 32.1. The fourth-order valence-electron chi connectivity index (χ4n) is 3.73. The molecule has 0 atom stereocenters. The zero-order chi connectivity index (χ0) is 22.6. The maximum absolute atomic E-state index is 11.5. The molecule has 0 radical (unpaired) electrons. The van der Waals surface area contributed by atoms with Crippen LogP contribution in [0.1, 0.15) is 0 Å². The average Bonchev–Trinajstić information content (AvgIpc) is 3.29. The number of hydrogen-bond donors (Lipinski definition) is 2. The van der Waals surface area contributed by atoms with Crippen molar-refractivity contribution in [3.8, 4) is 11.1 Å². The summed E-state index contributed by atoms with van der Waals surface area (Å²) in [6, 6.07) is 16.0. The van der Waals surface area contributed by atoms with Gasteiger partial charge in [0.2, 0.25) is 11.9 Å². The van der Waals surface area contributed by atoms with Crippen molar-refractivity contribution in [1.82, 2.24) is 9.97 Å². The van der Waals surface area contributed by atoms with E-state index in [0.717, 1.165) is 59.0 Å². The predicted molar refractivity (Wildman–Crippen MR) is 134 cm³/mol. The Labute approximate surface area is 195 Å². The van der Waals surface area contributed by atoms with Gasteiger partial charge < -0.3 is 20.3 Å². The minimum absolute atomic E-state index is 0.231. The number of rotatable bonds is 6. The molecule has 2 N–H and O–H groups in total. The topological polar surface area (TPSA) is 79.4 Å². The minimum Gasteiger partial charge on any atom is -0.378 e. The number of amides is 1. The van der Waals surface area contributed by atoms with Crippen molar-refractivity contribution in [2.45, 2.75) is 0 Å². The summed E-state index contributed by atoms with van der Waals surface area (Å²) in [5, 5.41) is 8.16. The molecule has 3 heterocycles. The normalized spacial score (nSPS) is 13.6. The smallest absolute Gasteiger partial charge is 0.247 e. The van der Waals surface area contributed by atoms with E-state index in [0.29, 0.717) is 5.95 Å². The van der Waals surface area contributed by atoms with Gasteiger partial charge in [0.25, 0.3) is 0 Å². The number of morpholine rings is 1. The van der Waals surface area contributed by atoms with Gasteiger partial charge in [-0.25, -0.2) is 9.97 Å². The Morgan fingerprint density at radius 2 is 1.79 bits per heavy atom. The van der Waals surface area contributed by atoms with Crippen LogP contribution in [0, 0.1) is 0 Å². The molecule has 1 aliphatic heterocycles. The van der Waals surface area contributed by atoms with Gasteiger partial charge in [0.05, 0.1) is 29.6 Å². The number of nitrogens with zero attached hydrogens (tertiary/aromatic N) is 3. The molecule has 4 aromatic rings. The van der Waals surface area contributed by atoms with Crippen LogP contribution in [0.3, 0.4) is 0 Å². The SMILES string of the molecule is C=CC(=O)Nc1ccc(-c2csc3cnc(Nc4ccc(N5CCOCC5)cc4)nc23)cc1. The lowest BCUT2D eigenvalue weighted by Gasteiger charge is -2.28. The Kier molecular flexibility index (Phi) is 6.01. The van der Waals surface area contributed by atoms with Gasteiger partial charge in [0, 0.05) is 41.1 Å². The summed E-state index contributed by atoms with van der Waals surface area (Å²) in [6.07, 6.45) is 3.10. The number of benzene rings is 2. The maximum atomic E-state index is 11.5. The van der Waals surface area contributed by atoms with Gasteiger partial charge in [-0.15, -0.1) is 11.3 Å². The van der Waals surface area contributed by atoms with E-state index in [1.807, 2.05) is 42.6 Å². The molecular formula is C25H23N5O2S. The van der Waals surface area contributed by atoms with Crippen molar-refractivity contribution in [2.75, 3.05) is 41.8 Å². The zero-order valence-corrected chi connectivity index (χ0v) is 18.8. The van der Waals surface area contributed by atoms with E-state index in [4.69, 9.17) is 9.72 Å². The molecule has 0 spiro atoms. The van der Waals surface area contributed by atoms with Gasteiger partial charge in [-0.1, -0.05) is 18.7 Å². The maximum Gasteiger partial charge on any atom is 0.247 e. The molecule has 8 heteroatoms. The van der Waals surface area contributed by atoms with Gasteiger partial charge in [-0.2, -0.15) is 0 Å². The van der Waals surface area contributed by atoms with Gasteiger partial charge >= 0.3 is 0 Å². The monoisotopic (exact) mass is 457 g/mol. The van der Waals surface area contributed by atoms with Crippen molar-refractivity contribution in [1.29, 1.82) is 0 Å². The van der Waals surface area contributed by atoms with Crippen LogP contribution >= 0.6 is 11.3 Å². The molecule has 5 rings (SSSR count). The molecule has 1 amide bonds. The summed E-state index contributed by atoms with van der Waals surface area (Å²) in [5.41, 5.74) is 5.80. The summed E-state index contributed by atoms with van der Waals surface area (Å²) in [4.78, 5) is 23.1. The first-order chi connectivity index (χ1) is 16.2. The second kappa shape index (κ2) is 9.40. The number of nitrogens with one attached hydrogen (secondary N) is 2. The predicted octanol–water partition coefficient (Wildman–Crippen LogP) is 5.06. The summed E-state index contributed by atoms with van der Waals surface area (Å²) in [6.45, 7) is 6.83. The zero-order valence-electron chi connectivity index (χ0n) is 18.0. The Balaban J connectivity index is 1.35. The highest BCUT2D eigenvalue weighted by Crippen LogP contribution is 2.34. The van der Waals surface area contributed by atoms with Gasteiger partial charge in [-0.3, -0.25) is 4.79 Å². The first-order valence-corrected chi connectivity index (χ1v) is 11.6. The van der Waals surface area contributed by atoms with Gasteiger partial charge in [0.1, 0.15) is 0 Å². The van der Waals surface area contributed by atoms with Crippen LogP contribution in [0.2, 0.25) is 0 Å². The molecule has 33 heavy (non-hydrogen) atoms. The van der Waals surface area contributed by atoms with Crippen molar-refractivity contribution >= 4 is 50.5 Å². The molecule has 166 valence electrons. The lowest BCUT2D eigenvalue weighted by molar-refractivity contribution is -0.111. The number of ether oxygens (including phenoxy) is 1. The minimum atomic E-state index is -0.231. The van der Waals surface area contributed by atoms with Crippen molar-refractivity contribution in [2.24, 2.45) is 0 Å². The third-order valence-corrected chi connectivity index (χ3v) is 6.37. The van der Waals surface area contributed by atoms with Crippen LogP contribution < -0.4 is 15.5 Å².